The Labute approximate surface area is 77.2 Å². The number of carbonyl (C=O) groups is 1. The Morgan fingerprint density at radius 3 is 2.54 bits per heavy atom. The molecule has 13 heavy (non-hydrogen) atoms. The third kappa shape index (κ3) is 2.21. The third-order valence-electron chi connectivity index (χ3n) is 2.02. The molecule has 1 aromatic carbocycles. The highest BCUT2D eigenvalue weighted by molar-refractivity contribution is 5.77. The normalized spacial score (nSPS) is 10.0. The quantitative estimate of drug-likeness (QED) is 0.712. The molecular formula is C10H13NO2. The Hall–Kier alpha value is -1.51. The van der Waals surface area contributed by atoms with E-state index in [0.29, 0.717) is 0 Å². The first-order valence-electron chi connectivity index (χ1n) is 4.08. The molecule has 0 heterocycles. The largest absolute Gasteiger partial charge is 0.508 e. The highest BCUT2D eigenvalue weighted by Gasteiger charge is 2.05. The molecule has 0 saturated carbocycles. The van der Waals surface area contributed by atoms with Gasteiger partial charge in [-0.05, 0) is 36.6 Å². The van der Waals surface area contributed by atoms with Crippen LogP contribution in [-0.2, 0) is 11.2 Å². The summed E-state index contributed by atoms with van der Waals surface area (Å²) in [6.45, 7) is 3.64. The van der Waals surface area contributed by atoms with Crippen LogP contribution in [0.5, 0.6) is 5.75 Å². The van der Waals surface area contributed by atoms with Crippen molar-refractivity contribution in [3.63, 3.8) is 0 Å². The Bertz CT molecular complexity index is 345. The number of benzene rings is 1. The van der Waals surface area contributed by atoms with E-state index in [9.17, 15) is 9.90 Å². The van der Waals surface area contributed by atoms with Gasteiger partial charge in [-0.25, -0.2) is 0 Å². The predicted octanol–water partition coefficient (Wildman–Crippen LogP) is 1.04. The number of primary amides is 1. The Kier molecular flexibility index (Phi) is 2.56. The molecule has 0 saturated heterocycles. The predicted molar refractivity (Wildman–Crippen MR) is 50.5 cm³/mol. The van der Waals surface area contributed by atoms with E-state index in [0.717, 1.165) is 16.7 Å². The zero-order valence-electron chi connectivity index (χ0n) is 7.79. The number of nitrogens with two attached hydrogens (primary N) is 1. The van der Waals surface area contributed by atoms with E-state index in [4.69, 9.17) is 5.73 Å². The molecule has 0 aliphatic carbocycles. The molecule has 3 N–H and O–H groups in total. The standard InChI is InChI=1S/C10H13NO2/c1-6-4-9(12)7(2)3-8(6)5-10(11)13/h3-4,12H,5H2,1-2H3,(H2,11,13). The number of phenolic OH excluding ortho intramolecular Hbond substituents is 1. The Balaban J connectivity index is 3.08. The number of aryl methyl sites for hydroxylation is 2. The molecule has 1 rings (SSSR count). The van der Waals surface area contributed by atoms with Crippen LogP contribution in [0, 0.1) is 13.8 Å². The Morgan fingerprint density at radius 2 is 2.00 bits per heavy atom. The molecule has 1 amide bonds. The van der Waals surface area contributed by atoms with Gasteiger partial charge in [0.1, 0.15) is 5.75 Å². The summed E-state index contributed by atoms with van der Waals surface area (Å²) in [5, 5.41) is 9.34. The average Bonchev–Trinajstić information content (AvgIpc) is 1.99. The fraction of sp³-hybridized carbons (Fsp3) is 0.300. The first-order chi connectivity index (χ1) is 6.00. The second-order valence-corrected chi connectivity index (χ2v) is 3.21. The molecule has 0 aliphatic heterocycles. The number of hydrogen-bond donors (Lipinski definition) is 2. The summed E-state index contributed by atoms with van der Waals surface area (Å²) >= 11 is 0. The zero-order valence-corrected chi connectivity index (χ0v) is 7.79. The summed E-state index contributed by atoms with van der Waals surface area (Å²) in [5.41, 5.74) is 7.61. The van der Waals surface area contributed by atoms with Gasteiger partial charge in [0.15, 0.2) is 0 Å². The number of rotatable bonds is 2. The summed E-state index contributed by atoms with van der Waals surface area (Å²) in [6, 6.07) is 3.43. The molecule has 0 atom stereocenters. The second kappa shape index (κ2) is 3.47. The van der Waals surface area contributed by atoms with Crippen LogP contribution < -0.4 is 5.73 Å². The molecule has 0 aromatic heterocycles. The average molecular weight is 179 g/mol. The Morgan fingerprint density at radius 1 is 1.38 bits per heavy atom. The minimum atomic E-state index is -0.354. The summed E-state index contributed by atoms with van der Waals surface area (Å²) in [4.78, 5) is 10.7. The van der Waals surface area contributed by atoms with Crippen molar-refractivity contribution >= 4 is 5.91 Å². The van der Waals surface area contributed by atoms with Gasteiger partial charge in [-0.1, -0.05) is 6.07 Å². The maximum absolute atomic E-state index is 10.7. The lowest BCUT2D eigenvalue weighted by Gasteiger charge is -2.06. The summed E-state index contributed by atoms with van der Waals surface area (Å²) < 4.78 is 0. The number of phenols is 1. The minimum Gasteiger partial charge on any atom is -0.508 e. The molecule has 0 radical (unpaired) electrons. The van der Waals surface area contributed by atoms with Crippen LogP contribution in [0.4, 0.5) is 0 Å². The van der Waals surface area contributed by atoms with Crippen LogP contribution in [-0.4, -0.2) is 11.0 Å². The molecule has 3 heteroatoms. The van der Waals surface area contributed by atoms with Gasteiger partial charge in [0.05, 0.1) is 6.42 Å². The van der Waals surface area contributed by atoms with Gasteiger partial charge >= 0.3 is 0 Å². The summed E-state index contributed by atoms with van der Waals surface area (Å²) in [7, 11) is 0. The number of hydrogen-bond acceptors (Lipinski definition) is 2. The van der Waals surface area contributed by atoms with Gasteiger partial charge in [-0.15, -0.1) is 0 Å². The molecule has 0 bridgehead atoms. The van der Waals surface area contributed by atoms with Gasteiger partial charge in [-0.3, -0.25) is 4.79 Å². The second-order valence-electron chi connectivity index (χ2n) is 3.21. The van der Waals surface area contributed by atoms with Crippen LogP contribution in [0.15, 0.2) is 12.1 Å². The van der Waals surface area contributed by atoms with Gasteiger partial charge in [0.2, 0.25) is 5.91 Å². The van der Waals surface area contributed by atoms with Gasteiger partial charge in [0.25, 0.3) is 0 Å². The topological polar surface area (TPSA) is 63.3 Å². The lowest BCUT2D eigenvalue weighted by molar-refractivity contribution is -0.117. The molecule has 0 fully saturated rings. The maximum Gasteiger partial charge on any atom is 0.221 e. The molecule has 3 nitrogen and oxygen atoms in total. The van der Waals surface area contributed by atoms with E-state index >= 15 is 0 Å². The molecule has 0 unspecified atom stereocenters. The number of carbonyl (C=O) groups excluding carboxylic acids is 1. The van der Waals surface area contributed by atoms with Crippen molar-refractivity contribution in [2.45, 2.75) is 20.3 Å². The molecule has 0 aliphatic rings. The van der Waals surface area contributed by atoms with Crippen molar-refractivity contribution in [3.05, 3.63) is 28.8 Å². The molecule has 0 spiro atoms. The van der Waals surface area contributed by atoms with Crippen LogP contribution in [0.25, 0.3) is 0 Å². The van der Waals surface area contributed by atoms with Crippen molar-refractivity contribution in [3.8, 4) is 5.75 Å². The van der Waals surface area contributed by atoms with Crippen LogP contribution in [0.1, 0.15) is 16.7 Å². The van der Waals surface area contributed by atoms with Gasteiger partial charge in [0, 0.05) is 0 Å². The van der Waals surface area contributed by atoms with Crippen molar-refractivity contribution in [1.29, 1.82) is 0 Å². The van der Waals surface area contributed by atoms with E-state index < -0.39 is 0 Å². The van der Waals surface area contributed by atoms with Crippen molar-refractivity contribution < 1.29 is 9.90 Å². The lowest BCUT2D eigenvalue weighted by atomic mass is 10.0. The van der Waals surface area contributed by atoms with Crippen molar-refractivity contribution in [2.75, 3.05) is 0 Å². The van der Waals surface area contributed by atoms with Gasteiger partial charge in [-0.2, -0.15) is 0 Å². The van der Waals surface area contributed by atoms with Crippen molar-refractivity contribution in [2.24, 2.45) is 5.73 Å². The number of aromatic hydroxyl groups is 1. The highest BCUT2D eigenvalue weighted by atomic mass is 16.3. The zero-order chi connectivity index (χ0) is 10.0. The van der Waals surface area contributed by atoms with E-state index in [1.807, 2.05) is 6.92 Å². The fourth-order valence-corrected chi connectivity index (χ4v) is 1.24. The van der Waals surface area contributed by atoms with E-state index in [2.05, 4.69) is 0 Å². The van der Waals surface area contributed by atoms with Gasteiger partial charge < -0.3 is 10.8 Å². The lowest BCUT2D eigenvalue weighted by Crippen LogP contribution is -2.14. The van der Waals surface area contributed by atoms with E-state index in [-0.39, 0.29) is 18.1 Å². The number of amides is 1. The van der Waals surface area contributed by atoms with Crippen LogP contribution in [0.3, 0.4) is 0 Å². The molecular weight excluding hydrogens is 166 g/mol. The first kappa shape index (κ1) is 9.58. The van der Waals surface area contributed by atoms with Crippen molar-refractivity contribution in [1.82, 2.24) is 0 Å². The summed E-state index contributed by atoms with van der Waals surface area (Å²) in [6.07, 6.45) is 0.229. The minimum absolute atomic E-state index is 0.229. The smallest absolute Gasteiger partial charge is 0.221 e. The maximum atomic E-state index is 10.7. The van der Waals surface area contributed by atoms with E-state index in [1.54, 1.807) is 19.1 Å². The molecule has 70 valence electrons. The monoisotopic (exact) mass is 179 g/mol. The third-order valence-corrected chi connectivity index (χ3v) is 2.02. The fourth-order valence-electron chi connectivity index (χ4n) is 1.24. The SMILES string of the molecule is Cc1cc(CC(N)=O)c(C)cc1O. The first-order valence-corrected chi connectivity index (χ1v) is 4.08. The highest BCUT2D eigenvalue weighted by Crippen LogP contribution is 2.21. The van der Waals surface area contributed by atoms with E-state index in [1.165, 1.54) is 0 Å². The van der Waals surface area contributed by atoms with Crippen LogP contribution >= 0.6 is 0 Å². The molecule has 1 aromatic rings. The van der Waals surface area contributed by atoms with Crippen LogP contribution in [0.2, 0.25) is 0 Å². The summed E-state index contributed by atoms with van der Waals surface area (Å²) in [5.74, 6) is -0.0982.